The van der Waals surface area contributed by atoms with Crippen LogP contribution in [0.15, 0.2) is 23.1 Å². The van der Waals surface area contributed by atoms with E-state index < -0.39 is 35.2 Å². The van der Waals surface area contributed by atoms with Crippen LogP contribution < -0.4 is 20.5 Å². The van der Waals surface area contributed by atoms with Gasteiger partial charge in [0.1, 0.15) is 10.6 Å². The molecule has 1 aromatic rings. The van der Waals surface area contributed by atoms with Crippen molar-refractivity contribution in [2.24, 2.45) is 11.7 Å². The lowest BCUT2D eigenvalue weighted by atomic mass is 9.84. The molecule has 0 saturated heterocycles. The maximum atomic E-state index is 12.5. The van der Waals surface area contributed by atoms with E-state index in [2.05, 4.69) is 5.32 Å². The van der Waals surface area contributed by atoms with E-state index in [0.717, 1.165) is 32.1 Å². The van der Waals surface area contributed by atoms with Gasteiger partial charge >= 0.3 is 6.18 Å². The molecule has 0 heterocycles. The molecule has 1 fully saturated rings. The number of anilines is 1. The molecule has 1 aliphatic rings. The van der Waals surface area contributed by atoms with Gasteiger partial charge in [0, 0.05) is 18.3 Å². The van der Waals surface area contributed by atoms with Crippen LogP contribution in [0.1, 0.15) is 45.4 Å². The Morgan fingerprint density at radius 2 is 1.93 bits per heavy atom. The predicted molar refractivity (Wildman–Crippen MR) is 107 cm³/mol. The Hall–Kier alpha value is -1.85. The summed E-state index contributed by atoms with van der Waals surface area (Å²) in [7, 11) is -4.23. The molecule has 1 aromatic carbocycles. The standard InChI is InChI=1S/C19H28F3N3O4S/c1-2-29-15-12-14(25-18(26)17(23)13-6-4-3-5-7-13)8-9-16(15)30(27,28)24-11-10-19(20,21)22/h8-9,12-13,17,24H,2-7,10-11,23H2,1H3,(H,25,26)/t17-/m0/s1. The Labute approximate surface area is 174 Å². The van der Waals surface area contributed by atoms with Crippen molar-refractivity contribution in [2.75, 3.05) is 18.5 Å². The van der Waals surface area contributed by atoms with E-state index in [-0.39, 0.29) is 29.1 Å². The molecule has 0 aromatic heterocycles. The van der Waals surface area contributed by atoms with Crippen molar-refractivity contribution in [3.63, 3.8) is 0 Å². The first-order chi connectivity index (χ1) is 14.0. The molecule has 0 radical (unpaired) electrons. The molecule has 170 valence electrons. The number of rotatable bonds is 9. The smallest absolute Gasteiger partial charge is 0.390 e. The number of hydrogen-bond donors (Lipinski definition) is 3. The third-order valence-corrected chi connectivity index (χ3v) is 6.46. The van der Waals surface area contributed by atoms with E-state index in [4.69, 9.17) is 10.5 Å². The first-order valence-corrected chi connectivity index (χ1v) is 11.4. The van der Waals surface area contributed by atoms with Crippen LogP contribution in [0, 0.1) is 5.92 Å². The number of amides is 1. The normalized spacial score (nSPS) is 16.8. The van der Waals surface area contributed by atoms with Gasteiger partial charge in [0.15, 0.2) is 0 Å². The minimum atomic E-state index is -4.48. The van der Waals surface area contributed by atoms with Gasteiger partial charge in [-0.05, 0) is 37.8 Å². The van der Waals surface area contributed by atoms with Crippen LogP contribution in [-0.2, 0) is 14.8 Å². The van der Waals surface area contributed by atoms with Crippen LogP contribution in [0.3, 0.4) is 0 Å². The van der Waals surface area contributed by atoms with E-state index in [1.807, 2.05) is 4.72 Å². The molecule has 30 heavy (non-hydrogen) atoms. The number of sulfonamides is 1. The lowest BCUT2D eigenvalue weighted by molar-refractivity contribution is -0.132. The summed E-state index contributed by atoms with van der Waals surface area (Å²) in [5.74, 6) is -0.341. The fraction of sp³-hybridized carbons (Fsp3) is 0.632. The van der Waals surface area contributed by atoms with Gasteiger partial charge in [-0.2, -0.15) is 13.2 Å². The van der Waals surface area contributed by atoms with Gasteiger partial charge in [0.2, 0.25) is 15.9 Å². The lowest BCUT2D eigenvalue weighted by Gasteiger charge is -2.26. The molecule has 1 saturated carbocycles. The molecule has 2 rings (SSSR count). The average Bonchev–Trinajstić information content (AvgIpc) is 2.67. The van der Waals surface area contributed by atoms with E-state index in [1.54, 1.807) is 6.92 Å². The number of nitrogens with two attached hydrogens (primary N) is 1. The van der Waals surface area contributed by atoms with E-state index >= 15 is 0 Å². The average molecular weight is 452 g/mol. The lowest BCUT2D eigenvalue weighted by Crippen LogP contribution is -2.42. The molecule has 0 aliphatic heterocycles. The van der Waals surface area contributed by atoms with E-state index in [0.29, 0.717) is 5.69 Å². The molecule has 0 spiro atoms. The number of ether oxygens (including phenoxy) is 1. The van der Waals surface area contributed by atoms with Gasteiger partial charge in [-0.3, -0.25) is 4.79 Å². The summed E-state index contributed by atoms with van der Waals surface area (Å²) in [6.45, 7) is 0.980. The number of carbonyl (C=O) groups excluding carboxylic acids is 1. The Bertz CT molecular complexity index is 825. The monoisotopic (exact) mass is 451 g/mol. The highest BCUT2D eigenvalue weighted by atomic mass is 32.2. The minimum absolute atomic E-state index is 0.0685. The minimum Gasteiger partial charge on any atom is -0.492 e. The fourth-order valence-corrected chi connectivity index (χ4v) is 4.57. The van der Waals surface area contributed by atoms with Crippen molar-refractivity contribution < 1.29 is 31.1 Å². The number of halogens is 3. The second-order valence-electron chi connectivity index (χ2n) is 7.27. The van der Waals surface area contributed by atoms with Gasteiger partial charge < -0.3 is 15.8 Å². The van der Waals surface area contributed by atoms with Gasteiger partial charge in [-0.15, -0.1) is 0 Å². The Morgan fingerprint density at radius 1 is 1.27 bits per heavy atom. The molecule has 1 aliphatic carbocycles. The van der Waals surface area contributed by atoms with Crippen LogP contribution in [-0.4, -0.2) is 39.7 Å². The SMILES string of the molecule is CCOc1cc(NC(=O)[C@@H](N)C2CCCCC2)ccc1S(=O)(=O)NCCC(F)(F)F. The summed E-state index contributed by atoms with van der Waals surface area (Å²) in [6, 6.07) is 3.19. The summed E-state index contributed by atoms with van der Waals surface area (Å²) in [5, 5.41) is 2.67. The van der Waals surface area contributed by atoms with Crippen molar-refractivity contribution in [1.82, 2.24) is 4.72 Å². The topological polar surface area (TPSA) is 111 Å². The summed E-state index contributed by atoms with van der Waals surface area (Å²) < 4.78 is 68.9. The van der Waals surface area contributed by atoms with Gasteiger partial charge in [-0.25, -0.2) is 13.1 Å². The molecule has 11 heteroatoms. The quantitative estimate of drug-likeness (QED) is 0.534. The van der Waals surface area contributed by atoms with Crippen LogP contribution in [0.5, 0.6) is 5.75 Å². The summed E-state index contributed by atoms with van der Waals surface area (Å²) in [4.78, 5) is 12.2. The largest absolute Gasteiger partial charge is 0.492 e. The Morgan fingerprint density at radius 3 is 2.53 bits per heavy atom. The number of carbonyl (C=O) groups is 1. The highest BCUT2D eigenvalue weighted by molar-refractivity contribution is 7.89. The molecule has 1 amide bonds. The first-order valence-electron chi connectivity index (χ1n) is 9.93. The van der Waals surface area contributed by atoms with Gasteiger partial charge in [-0.1, -0.05) is 19.3 Å². The van der Waals surface area contributed by atoms with Crippen LogP contribution in [0.4, 0.5) is 18.9 Å². The third kappa shape index (κ3) is 7.13. The number of alkyl halides is 3. The Balaban J connectivity index is 2.12. The third-order valence-electron chi connectivity index (χ3n) is 4.96. The summed E-state index contributed by atoms with van der Waals surface area (Å²) in [5.41, 5.74) is 6.38. The highest BCUT2D eigenvalue weighted by Gasteiger charge is 2.29. The van der Waals surface area contributed by atoms with E-state index in [1.165, 1.54) is 18.2 Å². The van der Waals surface area contributed by atoms with Crippen LogP contribution >= 0.6 is 0 Å². The van der Waals surface area contributed by atoms with Crippen molar-refractivity contribution in [1.29, 1.82) is 0 Å². The second-order valence-corrected chi connectivity index (χ2v) is 9.01. The predicted octanol–water partition coefficient (Wildman–Crippen LogP) is 3.16. The van der Waals surface area contributed by atoms with Gasteiger partial charge in [0.05, 0.1) is 19.1 Å². The molecule has 1 atom stereocenters. The maximum Gasteiger partial charge on any atom is 0.390 e. The second kappa shape index (κ2) is 10.5. The molecule has 4 N–H and O–H groups in total. The van der Waals surface area contributed by atoms with Crippen LogP contribution in [0.2, 0.25) is 0 Å². The molecule has 0 bridgehead atoms. The van der Waals surface area contributed by atoms with Crippen molar-refractivity contribution >= 4 is 21.6 Å². The molecular weight excluding hydrogens is 423 g/mol. The zero-order valence-electron chi connectivity index (χ0n) is 16.8. The zero-order valence-corrected chi connectivity index (χ0v) is 17.6. The zero-order chi connectivity index (χ0) is 22.4. The number of nitrogens with one attached hydrogen (secondary N) is 2. The van der Waals surface area contributed by atoms with Crippen LogP contribution in [0.25, 0.3) is 0 Å². The Kier molecular flexibility index (Phi) is 8.51. The van der Waals surface area contributed by atoms with E-state index in [9.17, 15) is 26.4 Å². The first kappa shape index (κ1) is 24.4. The van der Waals surface area contributed by atoms with Crippen molar-refractivity contribution in [3.8, 4) is 5.75 Å². The molecular formula is C19H28F3N3O4S. The van der Waals surface area contributed by atoms with Crippen molar-refractivity contribution in [3.05, 3.63) is 18.2 Å². The molecule has 7 nitrogen and oxygen atoms in total. The fourth-order valence-electron chi connectivity index (χ4n) is 3.41. The molecule has 0 unspecified atom stereocenters. The summed E-state index contributed by atoms with van der Waals surface area (Å²) >= 11 is 0. The number of benzene rings is 1. The van der Waals surface area contributed by atoms with Crippen molar-refractivity contribution in [2.45, 2.75) is 62.6 Å². The highest BCUT2D eigenvalue weighted by Crippen LogP contribution is 2.29. The maximum absolute atomic E-state index is 12.5. The summed E-state index contributed by atoms with van der Waals surface area (Å²) in [6.07, 6.45) is -0.781. The number of hydrogen-bond acceptors (Lipinski definition) is 5. The van der Waals surface area contributed by atoms with Gasteiger partial charge in [0.25, 0.3) is 0 Å².